The fraction of sp³-hybridized carbons (Fsp3) is 0.667. The van der Waals surface area contributed by atoms with E-state index in [9.17, 15) is 0 Å². The van der Waals surface area contributed by atoms with E-state index in [1.807, 2.05) is 6.20 Å². The average molecular weight is 262 g/mol. The van der Waals surface area contributed by atoms with Crippen molar-refractivity contribution in [2.24, 2.45) is 11.7 Å². The molecule has 1 aliphatic rings. The Balaban J connectivity index is 1.85. The monoisotopic (exact) mass is 262 g/mol. The zero-order valence-corrected chi connectivity index (χ0v) is 12.2. The number of hydrogen-bond acceptors (Lipinski definition) is 4. The topological polar surface area (TPSA) is 45.4 Å². The maximum atomic E-state index is 5.60. The first-order valence-corrected chi connectivity index (χ1v) is 7.35. The molecule has 1 saturated heterocycles. The van der Waals surface area contributed by atoms with Crippen molar-refractivity contribution in [2.75, 3.05) is 37.6 Å². The molecule has 1 aliphatic heterocycles. The summed E-state index contributed by atoms with van der Waals surface area (Å²) in [6.45, 7) is 10.8. The molecule has 0 amide bonds. The molecule has 2 N–H and O–H groups in total. The summed E-state index contributed by atoms with van der Waals surface area (Å²) in [5, 5.41) is 0. The van der Waals surface area contributed by atoms with Crippen LogP contribution >= 0.6 is 0 Å². The average Bonchev–Trinajstić information content (AvgIpc) is 2.48. The molecule has 0 aromatic carbocycles. The smallest absolute Gasteiger partial charge is 0.128 e. The van der Waals surface area contributed by atoms with E-state index in [1.54, 1.807) is 0 Å². The second kappa shape index (κ2) is 6.87. The minimum atomic E-state index is 0.565. The minimum absolute atomic E-state index is 0.565. The van der Waals surface area contributed by atoms with Crippen molar-refractivity contribution in [3.05, 3.63) is 23.9 Å². The van der Waals surface area contributed by atoms with Crippen LogP contribution in [-0.2, 0) is 6.54 Å². The predicted molar refractivity (Wildman–Crippen MR) is 80.2 cm³/mol. The molecule has 4 nitrogen and oxygen atoms in total. The van der Waals surface area contributed by atoms with Crippen LogP contribution < -0.4 is 10.6 Å². The molecule has 1 aromatic heterocycles. The fourth-order valence-electron chi connectivity index (χ4n) is 2.45. The van der Waals surface area contributed by atoms with E-state index in [0.29, 0.717) is 6.54 Å². The largest absolute Gasteiger partial charge is 0.354 e. The Hall–Kier alpha value is -1.13. The van der Waals surface area contributed by atoms with Gasteiger partial charge < -0.3 is 10.6 Å². The van der Waals surface area contributed by atoms with Crippen molar-refractivity contribution < 1.29 is 0 Å². The van der Waals surface area contributed by atoms with Crippen molar-refractivity contribution in [2.45, 2.75) is 26.8 Å². The van der Waals surface area contributed by atoms with Crippen LogP contribution in [0, 0.1) is 5.92 Å². The lowest BCUT2D eigenvalue weighted by Crippen LogP contribution is -2.47. The molecule has 0 saturated carbocycles. The first-order valence-electron chi connectivity index (χ1n) is 7.35. The molecule has 0 spiro atoms. The highest BCUT2D eigenvalue weighted by Gasteiger charge is 2.18. The maximum Gasteiger partial charge on any atom is 0.128 e. The molecule has 1 fully saturated rings. The van der Waals surface area contributed by atoms with Crippen LogP contribution in [0.5, 0.6) is 0 Å². The van der Waals surface area contributed by atoms with Gasteiger partial charge >= 0.3 is 0 Å². The van der Waals surface area contributed by atoms with Gasteiger partial charge in [-0.05, 0) is 17.5 Å². The van der Waals surface area contributed by atoms with E-state index >= 15 is 0 Å². The standard InChI is InChI=1S/C15H26N4/c1-3-13(2)12-18-6-8-19(9-7-18)15-5-4-14(10-16)11-17-15/h4-5,11,13H,3,6-10,12,16H2,1-2H3. The summed E-state index contributed by atoms with van der Waals surface area (Å²) in [6.07, 6.45) is 3.16. The van der Waals surface area contributed by atoms with E-state index < -0.39 is 0 Å². The summed E-state index contributed by atoms with van der Waals surface area (Å²) in [5.41, 5.74) is 6.69. The summed E-state index contributed by atoms with van der Waals surface area (Å²) in [6, 6.07) is 4.17. The molecule has 2 rings (SSSR count). The van der Waals surface area contributed by atoms with Gasteiger partial charge in [-0.15, -0.1) is 0 Å². The SMILES string of the molecule is CCC(C)CN1CCN(c2ccc(CN)cn2)CC1. The van der Waals surface area contributed by atoms with E-state index in [-0.39, 0.29) is 0 Å². The number of rotatable bonds is 5. The predicted octanol–water partition coefficient (Wildman–Crippen LogP) is 1.71. The molecule has 4 heteroatoms. The third kappa shape index (κ3) is 3.91. The van der Waals surface area contributed by atoms with Crippen molar-refractivity contribution in [3.63, 3.8) is 0 Å². The molecule has 1 unspecified atom stereocenters. The Kier molecular flexibility index (Phi) is 5.16. The second-order valence-corrected chi connectivity index (χ2v) is 5.53. The number of nitrogens with zero attached hydrogens (tertiary/aromatic N) is 3. The van der Waals surface area contributed by atoms with Crippen molar-refractivity contribution in [1.82, 2.24) is 9.88 Å². The lowest BCUT2D eigenvalue weighted by Gasteiger charge is -2.36. The summed E-state index contributed by atoms with van der Waals surface area (Å²) in [7, 11) is 0. The van der Waals surface area contributed by atoms with Gasteiger partial charge in [-0.3, -0.25) is 4.90 Å². The summed E-state index contributed by atoms with van der Waals surface area (Å²) < 4.78 is 0. The Morgan fingerprint density at radius 3 is 2.53 bits per heavy atom. The lowest BCUT2D eigenvalue weighted by molar-refractivity contribution is 0.222. The lowest BCUT2D eigenvalue weighted by atomic mass is 10.1. The van der Waals surface area contributed by atoms with Gasteiger partial charge in [-0.1, -0.05) is 26.3 Å². The second-order valence-electron chi connectivity index (χ2n) is 5.53. The Labute approximate surface area is 116 Å². The van der Waals surface area contributed by atoms with Gasteiger partial charge in [0.15, 0.2) is 0 Å². The molecule has 1 atom stereocenters. The maximum absolute atomic E-state index is 5.60. The number of anilines is 1. The van der Waals surface area contributed by atoms with Crippen LogP contribution in [0.15, 0.2) is 18.3 Å². The van der Waals surface area contributed by atoms with E-state index in [1.165, 1.54) is 13.0 Å². The molecule has 0 bridgehead atoms. The quantitative estimate of drug-likeness (QED) is 0.877. The first kappa shape index (κ1) is 14.3. The summed E-state index contributed by atoms with van der Waals surface area (Å²) >= 11 is 0. The van der Waals surface area contributed by atoms with Gasteiger partial charge in [0.25, 0.3) is 0 Å². The van der Waals surface area contributed by atoms with Crippen LogP contribution in [0.25, 0.3) is 0 Å². The van der Waals surface area contributed by atoms with Crippen molar-refractivity contribution in [3.8, 4) is 0 Å². The Morgan fingerprint density at radius 1 is 1.26 bits per heavy atom. The third-order valence-corrected chi connectivity index (χ3v) is 4.01. The van der Waals surface area contributed by atoms with Crippen LogP contribution in [0.4, 0.5) is 5.82 Å². The van der Waals surface area contributed by atoms with E-state index in [0.717, 1.165) is 43.5 Å². The van der Waals surface area contributed by atoms with Gasteiger partial charge in [-0.25, -0.2) is 4.98 Å². The number of piperazine rings is 1. The van der Waals surface area contributed by atoms with Crippen molar-refractivity contribution >= 4 is 5.82 Å². The van der Waals surface area contributed by atoms with E-state index in [4.69, 9.17) is 5.73 Å². The zero-order chi connectivity index (χ0) is 13.7. The van der Waals surface area contributed by atoms with Gasteiger partial charge in [0.1, 0.15) is 5.82 Å². The van der Waals surface area contributed by atoms with Crippen molar-refractivity contribution in [1.29, 1.82) is 0 Å². The Bertz CT molecular complexity index is 368. The molecular weight excluding hydrogens is 236 g/mol. The van der Waals surface area contributed by atoms with Crippen LogP contribution in [0.1, 0.15) is 25.8 Å². The Morgan fingerprint density at radius 2 is 2.00 bits per heavy atom. The highest BCUT2D eigenvalue weighted by atomic mass is 15.3. The highest BCUT2D eigenvalue weighted by Crippen LogP contribution is 2.15. The van der Waals surface area contributed by atoms with Gasteiger partial charge in [-0.2, -0.15) is 0 Å². The minimum Gasteiger partial charge on any atom is -0.354 e. The van der Waals surface area contributed by atoms with E-state index in [2.05, 4.69) is 40.8 Å². The highest BCUT2D eigenvalue weighted by molar-refractivity contribution is 5.39. The number of nitrogens with two attached hydrogens (primary N) is 1. The summed E-state index contributed by atoms with van der Waals surface area (Å²) in [5.74, 6) is 1.88. The number of hydrogen-bond donors (Lipinski definition) is 1. The van der Waals surface area contributed by atoms with Gasteiger partial charge in [0.2, 0.25) is 0 Å². The van der Waals surface area contributed by atoms with Crippen LogP contribution in [0.2, 0.25) is 0 Å². The third-order valence-electron chi connectivity index (χ3n) is 4.01. The number of pyridine rings is 1. The fourth-order valence-corrected chi connectivity index (χ4v) is 2.45. The molecule has 1 aromatic rings. The number of aromatic nitrogens is 1. The normalized spacial score (nSPS) is 18.6. The molecular formula is C15H26N4. The summed E-state index contributed by atoms with van der Waals surface area (Å²) in [4.78, 5) is 9.44. The molecule has 0 radical (unpaired) electrons. The molecule has 19 heavy (non-hydrogen) atoms. The molecule has 2 heterocycles. The van der Waals surface area contributed by atoms with Crippen LogP contribution in [-0.4, -0.2) is 42.6 Å². The first-order chi connectivity index (χ1) is 9.22. The molecule has 0 aliphatic carbocycles. The zero-order valence-electron chi connectivity index (χ0n) is 12.2. The van der Waals surface area contributed by atoms with Gasteiger partial charge in [0.05, 0.1) is 0 Å². The molecule has 106 valence electrons. The van der Waals surface area contributed by atoms with Crippen LogP contribution in [0.3, 0.4) is 0 Å². The van der Waals surface area contributed by atoms with Gasteiger partial charge in [0, 0.05) is 45.5 Å².